The quantitative estimate of drug-likeness (QED) is 0.329. The minimum absolute atomic E-state index is 0. The molecule has 0 amide bonds. The molecule has 5 heteroatoms. The average molecular weight is 382 g/mol. The SMILES string of the molecule is CCNc1cc2oc3cc(=[N+](CC)CC)ccc-3nc2c2ccccc12.[Cl-]. The van der Waals surface area contributed by atoms with Crippen LogP contribution in [0, 0.1) is 0 Å². The predicted molar refractivity (Wildman–Crippen MR) is 109 cm³/mol. The van der Waals surface area contributed by atoms with Gasteiger partial charge in [0.15, 0.2) is 11.3 Å². The highest BCUT2D eigenvalue weighted by Crippen LogP contribution is 2.33. The van der Waals surface area contributed by atoms with Crippen molar-refractivity contribution in [1.29, 1.82) is 0 Å². The Bertz CT molecular complexity index is 1130. The molecule has 0 saturated heterocycles. The van der Waals surface area contributed by atoms with Gasteiger partial charge in [-0.3, -0.25) is 0 Å². The van der Waals surface area contributed by atoms with Crippen LogP contribution < -0.4 is 27.7 Å². The van der Waals surface area contributed by atoms with Gasteiger partial charge in [0.05, 0.1) is 6.07 Å². The van der Waals surface area contributed by atoms with Gasteiger partial charge in [0.25, 0.3) is 0 Å². The van der Waals surface area contributed by atoms with Gasteiger partial charge in [0.1, 0.15) is 24.3 Å². The molecule has 1 heterocycles. The van der Waals surface area contributed by atoms with E-state index in [1.165, 1.54) is 10.7 Å². The normalized spacial score (nSPS) is 10.9. The van der Waals surface area contributed by atoms with Crippen molar-refractivity contribution >= 4 is 27.6 Å². The van der Waals surface area contributed by atoms with Crippen LogP contribution in [-0.4, -0.2) is 24.6 Å². The number of hydrogen-bond donors (Lipinski definition) is 1. The third-order valence-corrected chi connectivity index (χ3v) is 4.87. The van der Waals surface area contributed by atoms with Crippen molar-refractivity contribution in [3.05, 3.63) is 53.9 Å². The van der Waals surface area contributed by atoms with E-state index in [0.717, 1.165) is 53.3 Å². The van der Waals surface area contributed by atoms with Gasteiger partial charge < -0.3 is 22.1 Å². The van der Waals surface area contributed by atoms with E-state index < -0.39 is 0 Å². The Morgan fingerprint density at radius 3 is 2.41 bits per heavy atom. The molecular weight excluding hydrogens is 358 g/mol. The van der Waals surface area contributed by atoms with E-state index in [1.807, 2.05) is 6.07 Å². The molecule has 0 radical (unpaired) electrons. The fourth-order valence-corrected chi connectivity index (χ4v) is 3.57. The number of fused-ring (bicyclic) bond motifs is 4. The van der Waals surface area contributed by atoms with Crippen LogP contribution in [0.15, 0.2) is 52.9 Å². The summed E-state index contributed by atoms with van der Waals surface area (Å²) in [5.41, 5.74) is 3.68. The minimum Gasteiger partial charge on any atom is -1.00 e. The second-order valence-corrected chi connectivity index (χ2v) is 6.38. The van der Waals surface area contributed by atoms with Crippen molar-refractivity contribution in [2.24, 2.45) is 0 Å². The van der Waals surface area contributed by atoms with Crippen LogP contribution in [0.5, 0.6) is 0 Å². The topological polar surface area (TPSA) is 41.1 Å². The van der Waals surface area contributed by atoms with E-state index in [2.05, 4.69) is 73.1 Å². The van der Waals surface area contributed by atoms with Crippen molar-refractivity contribution in [3.8, 4) is 11.5 Å². The Hall–Kier alpha value is -2.59. The smallest absolute Gasteiger partial charge is 0.203 e. The number of hydrogen-bond acceptors (Lipinski definition) is 3. The summed E-state index contributed by atoms with van der Waals surface area (Å²) in [6, 6.07) is 16.7. The van der Waals surface area contributed by atoms with Gasteiger partial charge in [0.2, 0.25) is 5.36 Å². The third kappa shape index (κ3) is 3.37. The highest BCUT2D eigenvalue weighted by molar-refractivity contribution is 6.10. The average Bonchev–Trinajstić information content (AvgIpc) is 2.68. The minimum atomic E-state index is 0. The fraction of sp³-hybridized carbons (Fsp3) is 0.273. The zero-order valence-corrected chi connectivity index (χ0v) is 16.7. The largest absolute Gasteiger partial charge is 1.00 e. The predicted octanol–water partition coefficient (Wildman–Crippen LogP) is 1.33. The summed E-state index contributed by atoms with van der Waals surface area (Å²) in [7, 11) is 0. The van der Waals surface area contributed by atoms with Crippen LogP contribution in [0.1, 0.15) is 20.8 Å². The molecule has 2 aliphatic rings. The monoisotopic (exact) mass is 381 g/mol. The molecule has 0 fully saturated rings. The number of aromatic nitrogens is 1. The van der Waals surface area contributed by atoms with Crippen molar-refractivity contribution in [2.75, 3.05) is 25.0 Å². The number of nitrogens with zero attached hydrogens (tertiary/aromatic N) is 2. The first kappa shape index (κ1) is 19.2. The molecule has 2 aromatic rings. The second-order valence-electron chi connectivity index (χ2n) is 6.38. The molecule has 27 heavy (non-hydrogen) atoms. The molecule has 0 aromatic heterocycles. The van der Waals surface area contributed by atoms with E-state index in [4.69, 9.17) is 9.40 Å². The molecule has 140 valence electrons. The summed E-state index contributed by atoms with van der Waals surface area (Å²) >= 11 is 0. The van der Waals surface area contributed by atoms with Crippen molar-refractivity contribution in [1.82, 2.24) is 9.56 Å². The van der Waals surface area contributed by atoms with Gasteiger partial charge in [-0.2, -0.15) is 0 Å². The van der Waals surface area contributed by atoms with Crippen LogP contribution in [0.3, 0.4) is 0 Å². The Morgan fingerprint density at radius 2 is 1.70 bits per heavy atom. The first-order valence-electron chi connectivity index (χ1n) is 9.33. The molecule has 1 N–H and O–H groups in total. The first-order chi connectivity index (χ1) is 12.7. The zero-order chi connectivity index (χ0) is 18.1. The van der Waals surface area contributed by atoms with E-state index >= 15 is 0 Å². The van der Waals surface area contributed by atoms with Crippen LogP contribution in [-0.2, 0) is 0 Å². The summed E-state index contributed by atoms with van der Waals surface area (Å²) in [6.45, 7) is 9.24. The lowest BCUT2D eigenvalue weighted by Crippen LogP contribution is -3.00. The number of halogens is 1. The van der Waals surface area contributed by atoms with Gasteiger partial charge in [-0.1, -0.05) is 24.3 Å². The van der Waals surface area contributed by atoms with E-state index in [9.17, 15) is 0 Å². The molecule has 2 aromatic carbocycles. The molecule has 0 unspecified atom stereocenters. The molecule has 4 nitrogen and oxygen atoms in total. The molecular formula is C22H24ClN3O. The maximum Gasteiger partial charge on any atom is 0.203 e. The second kappa shape index (κ2) is 7.97. The summed E-state index contributed by atoms with van der Waals surface area (Å²) in [4.78, 5) is 4.92. The highest BCUT2D eigenvalue weighted by atomic mass is 35.5. The summed E-state index contributed by atoms with van der Waals surface area (Å²) < 4.78 is 8.60. The summed E-state index contributed by atoms with van der Waals surface area (Å²) in [6.07, 6.45) is 0. The lowest BCUT2D eigenvalue weighted by Gasteiger charge is -2.12. The molecule has 1 aliphatic heterocycles. The maximum atomic E-state index is 6.29. The van der Waals surface area contributed by atoms with Gasteiger partial charge >= 0.3 is 0 Å². The third-order valence-electron chi connectivity index (χ3n) is 4.87. The van der Waals surface area contributed by atoms with E-state index in [0.29, 0.717) is 0 Å². The van der Waals surface area contributed by atoms with Crippen molar-refractivity contribution in [3.63, 3.8) is 0 Å². The van der Waals surface area contributed by atoms with Crippen molar-refractivity contribution in [2.45, 2.75) is 20.8 Å². The number of rotatable bonds is 4. The lowest BCUT2D eigenvalue weighted by molar-refractivity contribution is -0.00000583. The Kier molecular flexibility index (Phi) is 5.66. The van der Waals surface area contributed by atoms with Crippen LogP contribution in [0.4, 0.5) is 5.69 Å². The lowest BCUT2D eigenvalue weighted by atomic mass is 10.1. The van der Waals surface area contributed by atoms with Gasteiger partial charge in [-0.25, -0.2) is 9.56 Å². The Balaban J connectivity index is 0.00000210. The Labute approximate surface area is 165 Å². The molecule has 1 aliphatic carbocycles. The highest BCUT2D eigenvalue weighted by Gasteiger charge is 2.15. The fourth-order valence-electron chi connectivity index (χ4n) is 3.57. The van der Waals surface area contributed by atoms with Crippen LogP contribution in [0.25, 0.3) is 33.3 Å². The molecule has 0 bridgehead atoms. The number of nitrogens with one attached hydrogen (secondary N) is 1. The standard InChI is InChI=1S/C22H23N3O.ClH/c1-4-23-19-14-21-22(17-10-8-7-9-16(17)19)24-18-12-11-15(13-20(18)26-21)25(5-2)6-3;/h7-14H,4-6H2,1-3H3;1H. The van der Waals surface area contributed by atoms with Crippen LogP contribution >= 0.6 is 0 Å². The number of benzene rings is 3. The van der Waals surface area contributed by atoms with E-state index in [1.54, 1.807) is 0 Å². The summed E-state index contributed by atoms with van der Waals surface area (Å²) in [5.74, 6) is 0.819. The van der Waals surface area contributed by atoms with Crippen LogP contribution in [0.2, 0.25) is 0 Å². The van der Waals surface area contributed by atoms with Gasteiger partial charge in [0, 0.05) is 35.1 Å². The molecule has 0 saturated carbocycles. The maximum absolute atomic E-state index is 6.29. The molecule has 0 spiro atoms. The van der Waals surface area contributed by atoms with Gasteiger partial charge in [-0.15, -0.1) is 0 Å². The number of anilines is 1. The summed E-state index contributed by atoms with van der Waals surface area (Å²) in [5, 5.41) is 6.89. The zero-order valence-electron chi connectivity index (χ0n) is 15.9. The van der Waals surface area contributed by atoms with Gasteiger partial charge in [-0.05, 0) is 26.8 Å². The molecule has 4 rings (SSSR count). The molecule has 0 atom stereocenters. The first-order valence-corrected chi connectivity index (χ1v) is 9.33. The van der Waals surface area contributed by atoms with E-state index in [-0.39, 0.29) is 12.4 Å². The van der Waals surface area contributed by atoms with Crippen molar-refractivity contribution < 1.29 is 16.8 Å². The Morgan fingerprint density at radius 1 is 0.963 bits per heavy atom.